The first-order valence-electron chi connectivity index (χ1n) is 10.8. The Morgan fingerprint density at radius 1 is 1.36 bits per heavy atom. The van der Waals surface area contributed by atoms with Gasteiger partial charge in [0, 0.05) is 37.7 Å². The lowest BCUT2D eigenvalue weighted by Crippen LogP contribution is -2.39. The molecule has 3 heterocycles. The van der Waals surface area contributed by atoms with Crippen LogP contribution in [0, 0.1) is 0 Å². The van der Waals surface area contributed by atoms with Gasteiger partial charge in [0.1, 0.15) is 11.3 Å². The maximum Gasteiger partial charge on any atom is 0.257 e. The van der Waals surface area contributed by atoms with E-state index in [1.165, 1.54) is 0 Å². The molecule has 0 aliphatic carbocycles. The molecule has 1 atom stereocenters. The topological polar surface area (TPSA) is 141 Å². The molecule has 0 bridgehead atoms. The van der Waals surface area contributed by atoms with Crippen molar-refractivity contribution in [2.75, 3.05) is 13.2 Å². The molecule has 2 aromatic heterocycles. The van der Waals surface area contributed by atoms with Gasteiger partial charge in [-0.2, -0.15) is 10.1 Å². The van der Waals surface area contributed by atoms with Crippen LogP contribution in [0.4, 0.5) is 0 Å². The zero-order valence-corrected chi connectivity index (χ0v) is 18.8. The maximum absolute atomic E-state index is 12.3. The lowest BCUT2D eigenvalue weighted by atomic mass is 9.93. The van der Waals surface area contributed by atoms with Crippen LogP contribution in [-0.2, 0) is 27.9 Å². The maximum atomic E-state index is 12.3. The Bertz CT molecular complexity index is 1200. The van der Waals surface area contributed by atoms with E-state index in [0.29, 0.717) is 48.1 Å². The fraction of sp³-hybridized carbons (Fsp3) is 0.455. The normalized spacial score (nSPS) is 16.3. The molecule has 1 aliphatic rings. The van der Waals surface area contributed by atoms with Crippen molar-refractivity contribution < 1.29 is 23.6 Å². The monoisotopic (exact) mass is 454 g/mol. The van der Waals surface area contributed by atoms with E-state index >= 15 is 0 Å². The number of piperidine rings is 1. The van der Waals surface area contributed by atoms with E-state index in [4.69, 9.17) is 9.26 Å². The number of para-hydroxylation sites is 1. The summed E-state index contributed by atoms with van der Waals surface area (Å²) in [4.78, 5) is 40.3. The first kappa shape index (κ1) is 22.4. The summed E-state index contributed by atoms with van der Waals surface area (Å²) in [5, 5.41) is 14.3. The standard InChI is InChI=1S/C22H26N6O5/c1-12(2)22-24-16(27-33-22)9-10-23-18(30)11-32-15-6-4-5-13-19(26-28(3)20(13)15)14-7-8-17(29)25-21(14)31/h4-6,12,14H,7-11H2,1-3H3,(H,23,30)(H,25,29,31). The van der Waals surface area contributed by atoms with Crippen LogP contribution in [0.15, 0.2) is 22.7 Å². The quantitative estimate of drug-likeness (QED) is 0.486. The summed E-state index contributed by atoms with van der Waals surface area (Å²) in [7, 11) is 1.75. The number of carbonyl (C=O) groups is 3. The summed E-state index contributed by atoms with van der Waals surface area (Å²) in [6.07, 6.45) is 1.13. The summed E-state index contributed by atoms with van der Waals surface area (Å²) in [5.74, 6) is 0.334. The Kier molecular flexibility index (Phi) is 6.38. The largest absolute Gasteiger partial charge is 0.482 e. The highest BCUT2D eigenvalue weighted by Gasteiger charge is 2.32. The molecule has 1 unspecified atom stereocenters. The van der Waals surface area contributed by atoms with E-state index < -0.39 is 5.92 Å². The minimum atomic E-state index is -0.508. The minimum absolute atomic E-state index is 0.152. The van der Waals surface area contributed by atoms with Crippen LogP contribution < -0.4 is 15.4 Å². The fourth-order valence-electron chi connectivity index (χ4n) is 3.77. The average molecular weight is 454 g/mol. The summed E-state index contributed by atoms with van der Waals surface area (Å²) in [5.41, 5.74) is 1.27. The predicted octanol–water partition coefficient (Wildman–Crippen LogP) is 1.34. The molecule has 1 fully saturated rings. The SMILES string of the molecule is CC(C)c1nc(CCNC(=O)COc2cccc3c(C4CCC(=O)NC4=O)nn(C)c23)no1. The van der Waals surface area contributed by atoms with Crippen LogP contribution in [0.1, 0.15) is 55.9 Å². The minimum Gasteiger partial charge on any atom is -0.482 e. The second-order valence-electron chi connectivity index (χ2n) is 8.26. The number of aromatic nitrogens is 4. The number of fused-ring (bicyclic) bond motifs is 1. The zero-order chi connectivity index (χ0) is 23.5. The molecule has 3 aromatic rings. The number of ether oxygens (including phenoxy) is 1. The molecule has 0 radical (unpaired) electrons. The molecule has 2 N–H and O–H groups in total. The van der Waals surface area contributed by atoms with Gasteiger partial charge >= 0.3 is 0 Å². The summed E-state index contributed by atoms with van der Waals surface area (Å²) in [6.45, 7) is 4.11. The summed E-state index contributed by atoms with van der Waals surface area (Å²) in [6, 6.07) is 5.39. The molecule has 11 heteroatoms. The Morgan fingerprint density at radius 3 is 2.91 bits per heavy atom. The third kappa shape index (κ3) is 4.86. The van der Waals surface area contributed by atoms with Crippen LogP contribution in [0.2, 0.25) is 0 Å². The van der Waals surface area contributed by atoms with Crippen LogP contribution in [0.3, 0.4) is 0 Å². The Labute approximate surface area is 189 Å². The fourth-order valence-corrected chi connectivity index (χ4v) is 3.77. The molecule has 174 valence electrons. The Hall–Kier alpha value is -3.76. The van der Waals surface area contributed by atoms with Gasteiger partial charge < -0.3 is 14.6 Å². The van der Waals surface area contributed by atoms with Crippen LogP contribution in [0.25, 0.3) is 10.9 Å². The number of aryl methyl sites for hydroxylation is 1. The first-order valence-corrected chi connectivity index (χ1v) is 10.8. The van der Waals surface area contributed by atoms with Crippen molar-refractivity contribution in [2.45, 2.75) is 44.9 Å². The molecular formula is C22H26N6O5. The van der Waals surface area contributed by atoms with Crippen molar-refractivity contribution in [2.24, 2.45) is 7.05 Å². The van der Waals surface area contributed by atoms with E-state index in [1.54, 1.807) is 23.9 Å². The second-order valence-corrected chi connectivity index (χ2v) is 8.26. The third-order valence-electron chi connectivity index (χ3n) is 5.43. The number of hydrogen-bond donors (Lipinski definition) is 2. The van der Waals surface area contributed by atoms with Gasteiger partial charge in [-0.15, -0.1) is 0 Å². The molecule has 3 amide bonds. The number of nitrogens with zero attached hydrogens (tertiary/aromatic N) is 4. The van der Waals surface area contributed by atoms with Crippen LogP contribution in [-0.4, -0.2) is 50.8 Å². The lowest BCUT2D eigenvalue weighted by Gasteiger charge is -2.19. The Morgan fingerprint density at radius 2 is 2.18 bits per heavy atom. The van der Waals surface area contributed by atoms with Crippen molar-refractivity contribution >= 4 is 28.6 Å². The summed E-state index contributed by atoms with van der Waals surface area (Å²) >= 11 is 0. The lowest BCUT2D eigenvalue weighted by molar-refractivity contribution is -0.134. The molecule has 0 spiro atoms. The van der Waals surface area contributed by atoms with Gasteiger partial charge in [0.2, 0.25) is 17.7 Å². The van der Waals surface area contributed by atoms with Gasteiger partial charge in [-0.3, -0.25) is 24.4 Å². The third-order valence-corrected chi connectivity index (χ3v) is 5.43. The van der Waals surface area contributed by atoms with E-state index in [2.05, 4.69) is 25.9 Å². The van der Waals surface area contributed by atoms with Gasteiger partial charge in [-0.25, -0.2) is 0 Å². The zero-order valence-electron chi connectivity index (χ0n) is 18.8. The van der Waals surface area contributed by atoms with Gasteiger partial charge in [-0.1, -0.05) is 31.1 Å². The molecule has 33 heavy (non-hydrogen) atoms. The molecule has 1 saturated heterocycles. The molecule has 11 nitrogen and oxygen atoms in total. The van der Waals surface area contributed by atoms with Crippen LogP contribution in [0.5, 0.6) is 5.75 Å². The van der Waals surface area contributed by atoms with Crippen molar-refractivity contribution in [3.8, 4) is 5.75 Å². The van der Waals surface area contributed by atoms with Crippen molar-refractivity contribution in [1.29, 1.82) is 0 Å². The van der Waals surface area contributed by atoms with E-state index in [9.17, 15) is 14.4 Å². The molecule has 0 saturated carbocycles. The van der Waals surface area contributed by atoms with Gasteiger partial charge in [0.05, 0.1) is 11.6 Å². The predicted molar refractivity (Wildman–Crippen MR) is 116 cm³/mol. The molecule has 4 rings (SSSR count). The van der Waals surface area contributed by atoms with Gasteiger partial charge in [0.25, 0.3) is 5.91 Å². The number of carbonyl (C=O) groups excluding carboxylic acids is 3. The first-order chi connectivity index (χ1) is 15.8. The van der Waals surface area contributed by atoms with Gasteiger partial charge in [-0.05, 0) is 12.5 Å². The number of rotatable bonds is 8. The Balaban J connectivity index is 1.38. The molecular weight excluding hydrogens is 428 g/mol. The number of nitrogens with one attached hydrogen (secondary N) is 2. The second kappa shape index (κ2) is 9.39. The van der Waals surface area contributed by atoms with Crippen molar-refractivity contribution in [3.63, 3.8) is 0 Å². The highest BCUT2D eigenvalue weighted by molar-refractivity contribution is 6.03. The number of amides is 3. The van der Waals surface area contributed by atoms with Crippen LogP contribution >= 0.6 is 0 Å². The van der Waals surface area contributed by atoms with E-state index in [0.717, 1.165) is 5.39 Å². The van der Waals surface area contributed by atoms with E-state index in [1.807, 2.05) is 19.9 Å². The average Bonchev–Trinajstić information content (AvgIpc) is 3.38. The number of hydrogen-bond acceptors (Lipinski definition) is 8. The number of imide groups is 1. The van der Waals surface area contributed by atoms with E-state index in [-0.39, 0.29) is 36.7 Å². The number of benzene rings is 1. The highest BCUT2D eigenvalue weighted by Crippen LogP contribution is 2.34. The summed E-state index contributed by atoms with van der Waals surface area (Å²) < 4.78 is 12.5. The van der Waals surface area contributed by atoms with Crippen molar-refractivity contribution in [1.82, 2.24) is 30.6 Å². The molecule has 1 aromatic carbocycles. The van der Waals surface area contributed by atoms with Crippen molar-refractivity contribution in [3.05, 3.63) is 35.6 Å². The van der Waals surface area contributed by atoms with Gasteiger partial charge in [0.15, 0.2) is 12.4 Å². The smallest absolute Gasteiger partial charge is 0.257 e. The molecule has 1 aliphatic heterocycles. The highest BCUT2D eigenvalue weighted by atomic mass is 16.5.